The molecule has 0 saturated heterocycles. The third-order valence-electron chi connectivity index (χ3n) is 4.61. The van der Waals surface area contributed by atoms with Crippen LogP contribution in [0.2, 0.25) is 0 Å². The van der Waals surface area contributed by atoms with Crippen molar-refractivity contribution in [3.8, 4) is 0 Å². The molecule has 0 amide bonds. The Balaban J connectivity index is 1.54. The number of benzene rings is 2. The molecule has 1 aliphatic rings. The molecule has 1 saturated carbocycles. The molecule has 1 N–H and O–H groups in total. The second-order valence-electron chi connectivity index (χ2n) is 6.85. The highest BCUT2D eigenvalue weighted by Gasteiger charge is 2.37. The number of hydrogen-bond acceptors (Lipinski definition) is 4. The van der Waals surface area contributed by atoms with Crippen LogP contribution in [0.1, 0.15) is 30.4 Å². The first-order valence-corrected chi connectivity index (χ1v) is 9.00. The zero-order chi connectivity index (χ0) is 18.4. The Morgan fingerprint density at radius 3 is 2.23 bits per heavy atom. The Morgan fingerprint density at radius 1 is 1.08 bits per heavy atom. The SMILES string of the molecule is C=C(CC(=O)OCc1ccccc1)C(C1CC1)N(O)Cc1ccccc1. The first-order chi connectivity index (χ1) is 12.6. The van der Waals surface area contributed by atoms with E-state index in [1.165, 1.54) is 5.06 Å². The van der Waals surface area contributed by atoms with Crippen molar-refractivity contribution in [1.29, 1.82) is 0 Å². The molecule has 0 heterocycles. The summed E-state index contributed by atoms with van der Waals surface area (Å²) in [6, 6.07) is 19.2. The number of hydroxylamine groups is 2. The fraction of sp³-hybridized carbons (Fsp3) is 0.318. The van der Waals surface area contributed by atoms with Crippen LogP contribution < -0.4 is 0 Å². The van der Waals surface area contributed by atoms with Crippen LogP contribution in [-0.4, -0.2) is 22.3 Å². The van der Waals surface area contributed by atoms with Gasteiger partial charge in [0.25, 0.3) is 0 Å². The molecule has 3 rings (SSSR count). The molecule has 4 heteroatoms. The van der Waals surface area contributed by atoms with E-state index in [4.69, 9.17) is 4.74 Å². The number of nitrogens with zero attached hydrogens (tertiary/aromatic N) is 1. The average Bonchev–Trinajstić information content (AvgIpc) is 3.46. The minimum Gasteiger partial charge on any atom is -0.461 e. The topological polar surface area (TPSA) is 49.8 Å². The maximum Gasteiger partial charge on any atom is 0.310 e. The van der Waals surface area contributed by atoms with E-state index in [9.17, 15) is 10.0 Å². The molecular weight excluding hydrogens is 326 g/mol. The summed E-state index contributed by atoms with van der Waals surface area (Å²) in [7, 11) is 0. The third kappa shape index (κ3) is 5.28. The summed E-state index contributed by atoms with van der Waals surface area (Å²) in [5.41, 5.74) is 2.70. The maximum absolute atomic E-state index is 12.2. The van der Waals surface area contributed by atoms with Gasteiger partial charge in [-0.05, 0) is 35.5 Å². The van der Waals surface area contributed by atoms with E-state index in [0.717, 1.165) is 24.0 Å². The lowest BCUT2D eigenvalue weighted by molar-refractivity contribution is -0.146. The standard InChI is InChI=1S/C22H25NO3/c1-17(14-21(24)26-16-19-10-6-3-7-11-19)22(20-12-13-20)23(25)15-18-8-4-2-5-9-18/h2-11,20,22,25H,1,12-16H2. The van der Waals surface area contributed by atoms with E-state index in [1.54, 1.807) is 0 Å². The van der Waals surface area contributed by atoms with Crippen LogP contribution in [0.3, 0.4) is 0 Å². The molecule has 1 unspecified atom stereocenters. The van der Waals surface area contributed by atoms with Crippen LogP contribution >= 0.6 is 0 Å². The Bertz CT molecular complexity index is 726. The van der Waals surface area contributed by atoms with Crippen LogP contribution in [-0.2, 0) is 22.7 Å². The average molecular weight is 351 g/mol. The monoisotopic (exact) mass is 351 g/mol. The Hall–Kier alpha value is -2.43. The zero-order valence-electron chi connectivity index (χ0n) is 14.9. The Labute approximate surface area is 154 Å². The van der Waals surface area contributed by atoms with Crippen molar-refractivity contribution in [3.05, 3.63) is 83.9 Å². The number of esters is 1. The molecule has 0 bridgehead atoms. The normalized spacial score (nSPS) is 14.8. The molecule has 2 aromatic rings. The number of carbonyl (C=O) groups is 1. The lowest BCUT2D eigenvalue weighted by atomic mass is 10.00. The number of rotatable bonds is 9. The molecule has 0 spiro atoms. The van der Waals surface area contributed by atoms with Gasteiger partial charge in [-0.25, -0.2) is 0 Å². The van der Waals surface area contributed by atoms with Gasteiger partial charge in [0.2, 0.25) is 0 Å². The lowest BCUT2D eigenvalue weighted by Crippen LogP contribution is -2.35. The first-order valence-electron chi connectivity index (χ1n) is 9.00. The summed E-state index contributed by atoms with van der Waals surface area (Å²) in [6.45, 7) is 4.75. The number of ether oxygens (including phenoxy) is 1. The number of carbonyl (C=O) groups excluding carboxylic acids is 1. The van der Waals surface area contributed by atoms with Gasteiger partial charge < -0.3 is 9.94 Å². The van der Waals surface area contributed by atoms with Crippen molar-refractivity contribution < 1.29 is 14.7 Å². The highest BCUT2D eigenvalue weighted by Crippen LogP contribution is 2.39. The van der Waals surface area contributed by atoms with Crippen molar-refractivity contribution >= 4 is 5.97 Å². The molecule has 1 atom stereocenters. The van der Waals surface area contributed by atoms with E-state index >= 15 is 0 Å². The molecular formula is C22H25NO3. The van der Waals surface area contributed by atoms with E-state index in [-0.39, 0.29) is 25.0 Å². The summed E-state index contributed by atoms with van der Waals surface area (Å²) in [4.78, 5) is 12.2. The molecule has 1 aliphatic carbocycles. The summed E-state index contributed by atoms with van der Waals surface area (Å²) in [5, 5.41) is 11.9. The van der Waals surface area contributed by atoms with Crippen LogP contribution in [0, 0.1) is 5.92 Å². The van der Waals surface area contributed by atoms with Crippen molar-refractivity contribution in [2.45, 2.75) is 38.5 Å². The summed E-state index contributed by atoms with van der Waals surface area (Å²) >= 11 is 0. The van der Waals surface area contributed by atoms with Gasteiger partial charge in [0.15, 0.2) is 0 Å². The Morgan fingerprint density at radius 2 is 1.65 bits per heavy atom. The smallest absolute Gasteiger partial charge is 0.310 e. The van der Waals surface area contributed by atoms with Gasteiger partial charge in [-0.2, -0.15) is 5.06 Å². The van der Waals surface area contributed by atoms with Gasteiger partial charge in [-0.1, -0.05) is 67.2 Å². The van der Waals surface area contributed by atoms with E-state index < -0.39 is 0 Å². The van der Waals surface area contributed by atoms with Crippen LogP contribution in [0.5, 0.6) is 0 Å². The third-order valence-corrected chi connectivity index (χ3v) is 4.61. The van der Waals surface area contributed by atoms with Crippen LogP contribution in [0.15, 0.2) is 72.8 Å². The van der Waals surface area contributed by atoms with E-state index in [1.807, 2.05) is 60.7 Å². The highest BCUT2D eigenvalue weighted by molar-refractivity contribution is 5.72. The fourth-order valence-electron chi connectivity index (χ4n) is 3.15. The molecule has 26 heavy (non-hydrogen) atoms. The van der Waals surface area contributed by atoms with Gasteiger partial charge in [-0.15, -0.1) is 0 Å². The van der Waals surface area contributed by atoms with Gasteiger partial charge in [0, 0.05) is 6.54 Å². The van der Waals surface area contributed by atoms with Crippen molar-refractivity contribution in [1.82, 2.24) is 5.06 Å². The van der Waals surface area contributed by atoms with Gasteiger partial charge in [-0.3, -0.25) is 4.79 Å². The molecule has 0 aromatic heterocycles. The quantitative estimate of drug-likeness (QED) is 0.415. The van der Waals surface area contributed by atoms with E-state index in [2.05, 4.69) is 6.58 Å². The first kappa shape index (κ1) is 18.4. The summed E-state index contributed by atoms with van der Waals surface area (Å²) in [5.74, 6) is 0.0516. The predicted octanol–water partition coefficient (Wildman–Crippen LogP) is 4.35. The second kappa shape index (κ2) is 8.79. The maximum atomic E-state index is 12.2. The van der Waals surface area contributed by atoms with E-state index in [0.29, 0.717) is 18.0 Å². The molecule has 4 nitrogen and oxygen atoms in total. The largest absolute Gasteiger partial charge is 0.461 e. The predicted molar refractivity (Wildman–Crippen MR) is 100 cm³/mol. The van der Waals surface area contributed by atoms with Gasteiger partial charge in [0.05, 0.1) is 12.5 Å². The van der Waals surface area contributed by atoms with Crippen molar-refractivity contribution in [3.63, 3.8) is 0 Å². The fourth-order valence-corrected chi connectivity index (χ4v) is 3.15. The summed E-state index contributed by atoms with van der Waals surface area (Å²) in [6.07, 6.45) is 2.23. The molecule has 0 radical (unpaired) electrons. The Kier molecular flexibility index (Phi) is 6.21. The van der Waals surface area contributed by atoms with Crippen LogP contribution in [0.4, 0.5) is 0 Å². The molecule has 2 aromatic carbocycles. The zero-order valence-corrected chi connectivity index (χ0v) is 14.9. The van der Waals surface area contributed by atoms with Gasteiger partial charge in [0.1, 0.15) is 6.61 Å². The number of hydrogen-bond donors (Lipinski definition) is 1. The molecule has 136 valence electrons. The van der Waals surface area contributed by atoms with Gasteiger partial charge >= 0.3 is 5.97 Å². The summed E-state index contributed by atoms with van der Waals surface area (Å²) < 4.78 is 5.35. The van der Waals surface area contributed by atoms with Crippen LogP contribution in [0.25, 0.3) is 0 Å². The highest BCUT2D eigenvalue weighted by atomic mass is 16.5. The molecule has 1 fully saturated rings. The lowest BCUT2D eigenvalue weighted by Gasteiger charge is -2.28. The minimum atomic E-state index is -0.308. The van der Waals surface area contributed by atoms with Crippen molar-refractivity contribution in [2.75, 3.05) is 0 Å². The molecule has 0 aliphatic heterocycles. The van der Waals surface area contributed by atoms with Crippen molar-refractivity contribution in [2.24, 2.45) is 5.92 Å². The minimum absolute atomic E-state index is 0.125. The second-order valence-corrected chi connectivity index (χ2v) is 6.85.